The molecule has 0 unspecified atom stereocenters. The van der Waals surface area contributed by atoms with Crippen molar-refractivity contribution in [1.82, 2.24) is 15.5 Å². The molecule has 12 nitrogen and oxygen atoms in total. The SMILES string of the molecule is CCN(CC=NCC(=O)NC1CNC1)C(=O)/C(C#N)=C/c1cc(O)c(O)c([N+](=O)[O-])c1. The van der Waals surface area contributed by atoms with Gasteiger partial charge >= 0.3 is 5.69 Å². The molecule has 2 amide bonds. The van der Waals surface area contributed by atoms with E-state index in [4.69, 9.17) is 0 Å². The molecule has 1 aliphatic heterocycles. The van der Waals surface area contributed by atoms with E-state index in [0.29, 0.717) is 0 Å². The molecule has 12 heteroatoms. The van der Waals surface area contributed by atoms with Crippen molar-refractivity contribution in [3.63, 3.8) is 0 Å². The molecule has 0 aromatic heterocycles. The fraction of sp³-hybridized carbons (Fsp3) is 0.368. The third kappa shape index (κ3) is 6.25. The van der Waals surface area contributed by atoms with Crippen molar-refractivity contribution in [2.24, 2.45) is 4.99 Å². The van der Waals surface area contributed by atoms with Gasteiger partial charge in [-0.3, -0.25) is 24.7 Å². The second-order valence-corrected chi connectivity index (χ2v) is 6.62. The lowest BCUT2D eigenvalue weighted by Gasteiger charge is -2.27. The Morgan fingerprint density at radius 1 is 1.45 bits per heavy atom. The molecule has 1 aromatic rings. The Labute approximate surface area is 177 Å². The van der Waals surface area contributed by atoms with Crippen molar-refractivity contribution >= 4 is 29.8 Å². The van der Waals surface area contributed by atoms with Gasteiger partial charge in [-0.2, -0.15) is 5.26 Å². The Morgan fingerprint density at radius 2 is 2.16 bits per heavy atom. The molecule has 1 fully saturated rings. The summed E-state index contributed by atoms with van der Waals surface area (Å²) in [5, 5.41) is 45.3. The van der Waals surface area contributed by atoms with E-state index < -0.39 is 28.0 Å². The number of aliphatic imine (C=N–C) groups is 1. The van der Waals surface area contributed by atoms with Crippen molar-refractivity contribution in [2.45, 2.75) is 13.0 Å². The number of hydrogen-bond donors (Lipinski definition) is 4. The monoisotopic (exact) mass is 430 g/mol. The normalized spacial score (nSPS) is 14.0. The van der Waals surface area contributed by atoms with Crippen LogP contribution in [0, 0.1) is 21.4 Å². The summed E-state index contributed by atoms with van der Waals surface area (Å²) < 4.78 is 0. The van der Waals surface area contributed by atoms with Crippen molar-refractivity contribution in [3.05, 3.63) is 33.4 Å². The van der Waals surface area contributed by atoms with Crippen molar-refractivity contribution < 1.29 is 24.7 Å². The fourth-order valence-electron chi connectivity index (χ4n) is 2.65. The fourth-order valence-corrected chi connectivity index (χ4v) is 2.65. The van der Waals surface area contributed by atoms with Crippen LogP contribution in [-0.4, -0.2) is 76.8 Å². The third-order valence-corrected chi connectivity index (χ3v) is 4.43. The number of nitro groups is 1. The molecule has 0 radical (unpaired) electrons. The predicted molar refractivity (Wildman–Crippen MR) is 110 cm³/mol. The number of nitro benzene ring substituents is 1. The van der Waals surface area contributed by atoms with Crippen molar-refractivity contribution in [1.29, 1.82) is 5.26 Å². The van der Waals surface area contributed by atoms with Crippen LogP contribution in [0.3, 0.4) is 0 Å². The molecule has 0 aliphatic carbocycles. The van der Waals surface area contributed by atoms with Crippen LogP contribution in [-0.2, 0) is 9.59 Å². The van der Waals surface area contributed by atoms with E-state index in [1.54, 1.807) is 13.0 Å². The highest BCUT2D eigenvalue weighted by Gasteiger charge is 2.21. The minimum absolute atomic E-state index is 0.00113. The number of likely N-dealkylation sites (N-methyl/N-ethyl adjacent to an activating group) is 1. The van der Waals surface area contributed by atoms with Gasteiger partial charge in [0.2, 0.25) is 11.7 Å². The van der Waals surface area contributed by atoms with Gasteiger partial charge in [-0.1, -0.05) is 0 Å². The molecule has 164 valence electrons. The van der Waals surface area contributed by atoms with E-state index >= 15 is 0 Å². The molecule has 0 bridgehead atoms. The number of phenols is 2. The van der Waals surface area contributed by atoms with Gasteiger partial charge in [0.05, 0.1) is 17.5 Å². The smallest absolute Gasteiger partial charge is 0.315 e. The van der Waals surface area contributed by atoms with E-state index in [2.05, 4.69) is 15.6 Å². The molecule has 0 atom stereocenters. The van der Waals surface area contributed by atoms with Gasteiger partial charge in [0.25, 0.3) is 5.91 Å². The van der Waals surface area contributed by atoms with Gasteiger partial charge in [0.1, 0.15) is 18.2 Å². The summed E-state index contributed by atoms with van der Waals surface area (Å²) in [6.07, 6.45) is 2.47. The average Bonchev–Trinajstić information content (AvgIpc) is 2.70. The number of hydrogen-bond acceptors (Lipinski definition) is 9. The Kier molecular flexibility index (Phi) is 8.04. The zero-order valence-electron chi connectivity index (χ0n) is 16.7. The number of nitriles is 1. The van der Waals surface area contributed by atoms with Crippen molar-refractivity contribution in [2.75, 3.05) is 32.7 Å². The third-order valence-electron chi connectivity index (χ3n) is 4.43. The van der Waals surface area contributed by atoms with Gasteiger partial charge in [-0.25, -0.2) is 0 Å². The van der Waals surface area contributed by atoms with Crippen LogP contribution < -0.4 is 10.6 Å². The first-order chi connectivity index (χ1) is 14.8. The Bertz CT molecular complexity index is 963. The lowest BCUT2D eigenvalue weighted by Crippen LogP contribution is -2.57. The maximum absolute atomic E-state index is 12.6. The summed E-state index contributed by atoms with van der Waals surface area (Å²) in [5.41, 5.74) is -1.09. The maximum Gasteiger partial charge on any atom is 0.315 e. The van der Waals surface area contributed by atoms with E-state index in [0.717, 1.165) is 31.3 Å². The Balaban J connectivity index is 2.06. The topological polar surface area (TPSA) is 181 Å². The second-order valence-electron chi connectivity index (χ2n) is 6.62. The van der Waals surface area contributed by atoms with Gasteiger partial charge in [-0.05, 0) is 24.6 Å². The first-order valence-corrected chi connectivity index (χ1v) is 9.36. The maximum atomic E-state index is 12.6. The number of aromatic hydroxyl groups is 2. The highest BCUT2D eigenvalue weighted by atomic mass is 16.6. The van der Waals surface area contributed by atoms with E-state index in [1.165, 1.54) is 11.1 Å². The molecular weight excluding hydrogens is 408 g/mol. The quantitative estimate of drug-likeness (QED) is 0.105. The Hall–Kier alpha value is -3.98. The van der Waals surface area contributed by atoms with Crippen LogP contribution in [0.2, 0.25) is 0 Å². The molecule has 0 saturated carbocycles. The first kappa shape index (κ1) is 23.3. The average molecular weight is 430 g/mol. The van der Waals surface area contributed by atoms with Crippen LogP contribution in [0.5, 0.6) is 11.5 Å². The molecule has 1 aliphatic rings. The molecule has 2 rings (SSSR count). The van der Waals surface area contributed by atoms with Crippen LogP contribution >= 0.6 is 0 Å². The molecular formula is C19H22N6O6. The second kappa shape index (κ2) is 10.7. The lowest BCUT2D eigenvalue weighted by atomic mass is 10.1. The van der Waals surface area contributed by atoms with Crippen LogP contribution in [0.15, 0.2) is 22.7 Å². The minimum atomic E-state index is -0.906. The van der Waals surface area contributed by atoms with Crippen LogP contribution in [0.4, 0.5) is 5.69 Å². The number of benzene rings is 1. The number of nitrogens with one attached hydrogen (secondary N) is 2. The molecule has 1 saturated heterocycles. The highest BCUT2D eigenvalue weighted by Crippen LogP contribution is 2.36. The lowest BCUT2D eigenvalue weighted by molar-refractivity contribution is -0.386. The summed E-state index contributed by atoms with van der Waals surface area (Å²) in [5.74, 6) is -2.54. The van der Waals surface area contributed by atoms with E-state index in [9.17, 15) is 35.2 Å². The molecule has 31 heavy (non-hydrogen) atoms. The van der Waals surface area contributed by atoms with E-state index in [-0.39, 0.29) is 42.7 Å². The Morgan fingerprint density at radius 3 is 2.71 bits per heavy atom. The summed E-state index contributed by atoms with van der Waals surface area (Å²) in [6.45, 7) is 3.34. The standard InChI is InChI=1S/C19H22N6O6/c1-2-24(4-3-21-11-17(27)23-14-9-22-10-14)19(29)13(8-20)5-12-6-15(25(30)31)18(28)16(26)7-12/h3,5-7,14,22,26,28H,2,4,9-11H2,1H3,(H,23,27)/b13-5+,21-3?. The number of rotatable bonds is 9. The number of carbonyl (C=O) groups is 2. The summed E-state index contributed by atoms with van der Waals surface area (Å²) >= 11 is 0. The molecule has 0 spiro atoms. The van der Waals surface area contributed by atoms with Gasteiger partial charge in [0.15, 0.2) is 5.75 Å². The number of amides is 2. The van der Waals surface area contributed by atoms with Gasteiger partial charge < -0.3 is 25.7 Å². The summed E-state index contributed by atoms with van der Waals surface area (Å²) in [4.78, 5) is 39.7. The van der Waals surface area contributed by atoms with Crippen LogP contribution in [0.1, 0.15) is 12.5 Å². The zero-order chi connectivity index (χ0) is 23.0. The zero-order valence-corrected chi connectivity index (χ0v) is 16.7. The molecule has 1 aromatic carbocycles. The van der Waals surface area contributed by atoms with Crippen LogP contribution in [0.25, 0.3) is 6.08 Å². The minimum Gasteiger partial charge on any atom is -0.504 e. The first-order valence-electron chi connectivity index (χ1n) is 9.36. The van der Waals surface area contributed by atoms with Crippen molar-refractivity contribution in [3.8, 4) is 17.6 Å². The van der Waals surface area contributed by atoms with Gasteiger partial charge in [-0.15, -0.1) is 0 Å². The molecule has 1 heterocycles. The van der Waals surface area contributed by atoms with Gasteiger partial charge in [0, 0.05) is 31.9 Å². The predicted octanol–water partition coefficient (Wildman–Crippen LogP) is -0.0797. The highest BCUT2D eigenvalue weighted by molar-refractivity contribution is 6.02. The summed E-state index contributed by atoms with van der Waals surface area (Å²) in [7, 11) is 0. The summed E-state index contributed by atoms with van der Waals surface area (Å²) in [6, 6.07) is 3.78. The van der Waals surface area contributed by atoms with E-state index in [1.807, 2.05) is 0 Å². The largest absolute Gasteiger partial charge is 0.504 e. The number of phenolic OH excluding ortho intramolecular Hbond substituents is 2. The molecule has 4 N–H and O–H groups in total. The number of carbonyl (C=O) groups excluding carboxylic acids is 2. The number of nitrogens with zero attached hydrogens (tertiary/aromatic N) is 4.